The highest BCUT2D eigenvalue weighted by Crippen LogP contribution is 2.33. The van der Waals surface area contributed by atoms with E-state index in [4.69, 9.17) is 9.84 Å². The Balaban J connectivity index is 1.73. The van der Waals surface area contributed by atoms with E-state index in [0.717, 1.165) is 11.0 Å². The number of anilines is 2. The molecule has 1 aromatic rings. The third kappa shape index (κ3) is 5.32. The summed E-state index contributed by atoms with van der Waals surface area (Å²) in [5.41, 5.74) is -0.0321. The molecule has 0 radical (unpaired) electrons. The normalized spacial score (nSPS) is 19.0. The maximum absolute atomic E-state index is 14.8. The molecule has 0 bridgehead atoms. The van der Waals surface area contributed by atoms with Crippen LogP contribution in [0.25, 0.3) is 0 Å². The molecule has 1 saturated heterocycles. The molecule has 2 aliphatic rings. The van der Waals surface area contributed by atoms with Gasteiger partial charge in [0.1, 0.15) is 17.1 Å². The van der Waals surface area contributed by atoms with Gasteiger partial charge in [-0.15, -0.1) is 0 Å². The highest BCUT2D eigenvalue weighted by Gasteiger charge is 2.33. The summed E-state index contributed by atoms with van der Waals surface area (Å²) in [6, 6.07) is 4.20. The van der Waals surface area contributed by atoms with Crippen molar-refractivity contribution in [2.45, 2.75) is 38.8 Å². The van der Waals surface area contributed by atoms with Gasteiger partial charge >= 0.3 is 6.09 Å². The number of nitrogens with zero attached hydrogens (tertiary/aromatic N) is 2. The molecule has 31 heavy (non-hydrogen) atoms. The molecule has 1 atom stereocenters. The number of benzene rings is 1. The SMILES string of the molecule is CC(C)(C)OC(=O)NC1CCN(c2c(F)cccc2NC2=CC(=O)N(CCO)C2=O)C1. The topological polar surface area (TPSA) is 111 Å². The second-order valence-corrected chi connectivity index (χ2v) is 8.42. The summed E-state index contributed by atoms with van der Waals surface area (Å²) in [6.45, 7) is 5.71. The van der Waals surface area contributed by atoms with E-state index in [0.29, 0.717) is 25.2 Å². The van der Waals surface area contributed by atoms with Crippen LogP contribution in [0.5, 0.6) is 0 Å². The molecule has 0 aliphatic carbocycles. The zero-order valence-corrected chi connectivity index (χ0v) is 17.8. The summed E-state index contributed by atoms with van der Waals surface area (Å²) in [5, 5.41) is 14.7. The fourth-order valence-corrected chi connectivity index (χ4v) is 3.55. The van der Waals surface area contributed by atoms with Crippen molar-refractivity contribution in [3.8, 4) is 0 Å². The van der Waals surface area contributed by atoms with Crippen LogP contribution in [0.4, 0.5) is 20.6 Å². The van der Waals surface area contributed by atoms with Crippen molar-refractivity contribution in [3.05, 3.63) is 35.8 Å². The van der Waals surface area contributed by atoms with Crippen molar-refractivity contribution in [2.75, 3.05) is 36.5 Å². The number of para-hydroxylation sites is 1. The summed E-state index contributed by atoms with van der Waals surface area (Å²) < 4.78 is 20.0. The van der Waals surface area contributed by atoms with E-state index in [-0.39, 0.29) is 30.6 Å². The molecule has 168 valence electrons. The monoisotopic (exact) mass is 434 g/mol. The first-order chi connectivity index (χ1) is 14.6. The number of rotatable bonds is 6. The molecule has 9 nitrogen and oxygen atoms in total. The minimum atomic E-state index is -0.617. The second-order valence-electron chi connectivity index (χ2n) is 8.42. The molecule has 0 spiro atoms. The number of nitrogens with one attached hydrogen (secondary N) is 2. The van der Waals surface area contributed by atoms with E-state index >= 15 is 0 Å². The predicted octanol–water partition coefficient (Wildman–Crippen LogP) is 1.59. The van der Waals surface area contributed by atoms with Crippen LogP contribution in [-0.2, 0) is 14.3 Å². The van der Waals surface area contributed by atoms with E-state index in [1.165, 1.54) is 12.1 Å². The van der Waals surface area contributed by atoms with Crippen molar-refractivity contribution in [3.63, 3.8) is 0 Å². The maximum Gasteiger partial charge on any atom is 0.407 e. The van der Waals surface area contributed by atoms with Gasteiger partial charge in [-0.05, 0) is 39.3 Å². The minimum absolute atomic E-state index is 0.00734. The average Bonchev–Trinajstić information content (AvgIpc) is 3.20. The molecule has 1 fully saturated rings. The van der Waals surface area contributed by atoms with Crippen LogP contribution >= 0.6 is 0 Å². The lowest BCUT2D eigenvalue weighted by Crippen LogP contribution is -2.40. The lowest BCUT2D eigenvalue weighted by atomic mass is 10.2. The number of carbonyl (C=O) groups excluding carboxylic acids is 3. The summed E-state index contributed by atoms with van der Waals surface area (Å²) in [7, 11) is 0. The standard InChI is InChI=1S/C21H27FN4O5/c1-21(2,3)31-20(30)23-13-7-8-25(12-13)18-14(22)5-4-6-15(18)24-16-11-17(28)26(9-10-27)19(16)29/h4-6,11,13,24,27H,7-10,12H2,1-3H3,(H,23,30). The van der Waals surface area contributed by atoms with Crippen LogP contribution in [0.2, 0.25) is 0 Å². The quantitative estimate of drug-likeness (QED) is 0.583. The largest absolute Gasteiger partial charge is 0.444 e. The third-order valence-corrected chi connectivity index (χ3v) is 4.81. The second kappa shape index (κ2) is 8.93. The van der Waals surface area contributed by atoms with Crippen molar-refractivity contribution < 1.29 is 28.6 Å². The molecular weight excluding hydrogens is 407 g/mol. The van der Waals surface area contributed by atoms with E-state index in [1.807, 2.05) is 0 Å². The van der Waals surface area contributed by atoms with Gasteiger partial charge in [-0.3, -0.25) is 14.5 Å². The zero-order chi connectivity index (χ0) is 22.8. The number of halogens is 1. The lowest BCUT2D eigenvalue weighted by Gasteiger charge is -2.24. The van der Waals surface area contributed by atoms with Gasteiger partial charge in [0.2, 0.25) is 0 Å². The van der Waals surface area contributed by atoms with E-state index in [9.17, 15) is 18.8 Å². The van der Waals surface area contributed by atoms with Gasteiger partial charge in [0, 0.05) is 19.2 Å². The number of hydrogen-bond acceptors (Lipinski definition) is 7. The van der Waals surface area contributed by atoms with Crippen LogP contribution in [0.15, 0.2) is 30.0 Å². The number of aliphatic hydroxyl groups excluding tert-OH is 1. The summed E-state index contributed by atoms with van der Waals surface area (Å²) in [6.07, 6.45) is 1.19. The smallest absolute Gasteiger partial charge is 0.407 e. The van der Waals surface area contributed by atoms with Crippen LogP contribution in [-0.4, -0.2) is 65.8 Å². The van der Waals surface area contributed by atoms with Crippen molar-refractivity contribution >= 4 is 29.3 Å². The Labute approximate surface area is 179 Å². The molecular formula is C21H27FN4O5. The number of alkyl carbamates (subject to hydrolysis) is 1. The molecule has 2 aliphatic heterocycles. The number of hydrogen-bond donors (Lipinski definition) is 3. The van der Waals surface area contributed by atoms with Gasteiger partial charge in [-0.25, -0.2) is 9.18 Å². The highest BCUT2D eigenvalue weighted by molar-refractivity contribution is 6.17. The number of ether oxygens (including phenoxy) is 1. The average molecular weight is 434 g/mol. The number of amides is 3. The van der Waals surface area contributed by atoms with E-state index in [2.05, 4.69) is 10.6 Å². The molecule has 0 aromatic heterocycles. The van der Waals surface area contributed by atoms with E-state index < -0.39 is 29.3 Å². The number of aliphatic hydroxyl groups is 1. The zero-order valence-electron chi connectivity index (χ0n) is 17.8. The van der Waals surface area contributed by atoms with Crippen LogP contribution < -0.4 is 15.5 Å². The van der Waals surface area contributed by atoms with Crippen LogP contribution in [0, 0.1) is 5.82 Å². The van der Waals surface area contributed by atoms with Gasteiger partial charge in [0.25, 0.3) is 11.8 Å². The number of imide groups is 1. The molecule has 10 heteroatoms. The fourth-order valence-electron chi connectivity index (χ4n) is 3.55. The Morgan fingerprint density at radius 2 is 2.06 bits per heavy atom. The molecule has 2 heterocycles. The first kappa shape index (κ1) is 22.5. The Hall–Kier alpha value is -3.14. The first-order valence-corrected chi connectivity index (χ1v) is 10.1. The Kier molecular flexibility index (Phi) is 6.49. The van der Waals surface area contributed by atoms with Gasteiger partial charge in [-0.1, -0.05) is 6.07 Å². The molecule has 1 aromatic carbocycles. The maximum atomic E-state index is 14.8. The molecule has 3 amide bonds. The lowest BCUT2D eigenvalue weighted by molar-refractivity contribution is -0.137. The fraction of sp³-hybridized carbons (Fsp3) is 0.476. The molecule has 3 rings (SSSR count). The van der Waals surface area contributed by atoms with Crippen molar-refractivity contribution in [1.82, 2.24) is 10.2 Å². The summed E-state index contributed by atoms with van der Waals surface area (Å²) in [4.78, 5) is 39.1. The van der Waals surface area contributed by atoms with Gasteiger partial charge < -0.3 is 25.4 Å². The van der Waals surface area contributed by atoms with Gasteiger partial charge in [-0.2, -0.15) is 0 Å². The molecule has 0 saturated carbocycles. The van der Waals surface area contributed by atoms with Crippen molar-refractivity contribution in [1.29, 1.82) is 0 Å². The summed E-state index contributed by atoms with van der Waals surface area (Å²) in [5.74, 6) is -1.62. The van der Waals surface area contributed by atoms with Crippen molar-refractivity contribution in [2.24, 2.45) is 0 Å². The molecule has 1 unspecified atom stereocenters. The first-order valence-electron chi connectivity index (χ1n) is 10.1. The van der Waals surface area contributed by atoms with Crippen LogP contribution in [0.1, 0.15) is 27.2 Å². The minimum Gasteiger partial charge on any atom is -0.444 e. The summed E-state index contributed by atoms with van der Waals surface area (Å²) >= 11 is 0. The predicted molar refractivity (Wildman–Crippen MR) is 112 cm³/mol. The number of carbonyl (C=O) groups is 3. The van der Waals surface area contributed by atoms with Gasteiger partial charge in [0.05, 0.1) is 30.6 Å². The third-order valence-electron chi connectivity index (χ3n) is 4.81. The number of β-amino-alcohol motifs (C(OH)–C–C–N with tert-alkyl or cyclic N) is 1. The van der Waals surface area contributed by atoms with Gasteiger partial charge in [0.15, 0.2) is 0 Å². The Morgan fingerprint density at radius 3 is 2.74 bits per heavy atom. The highest BCUT2D eigenvalue weighted by atomic mass is 19.1. The Morgan fingerprint density at radius 1 is 1.32 bits per heavy atom. The Bertz CT molecular complexity index is 912. The van der Waals surface area contributed by atoms with Crippen LogP contribution in [0.3, 0.4) is 0 Å². The molecule has 3 N–H and O–H groups in total. The van der Waals surface area contributed by atoms with E-state index in [1.54, 1.807) is 31.7 Å².